The molecule has 0 aliphatic carbocycles. The van der Waals surface area contributed by atoms with Crippen LogP contribution in [-0.4, -0.2) is 136 Å². The first-order valence-corrected chi connectivity index (χ1v) is 26.9. The fourth-order valence-corrected chi connectivity index (χ4v) is 7.73. The van der Waals surface area contributed by atoms with E-state index in [1.807, 2.05) is 0 Å². The molecule has 0 saturated heterocycles. The van der Waals surface area contributed by atoms with Crippen LogP contribution in [-0.2, 0) is 66.3 Å². The first-order valence-electron chi connectivity index (χ1n) is 25.2. The van der Waals surface area contributed by atoms with Crippen LogP contribution in [0.5, 0.6) is 0 Å². The molecule has 0 spiro atoms. The molecule has 0 radical (unpaired) electrons. The number of nitrogens with one attached hydrogen (secondary N) is 3. The number of carbonyl (C=O) groups is 8. The number of aryl methyl sites for hydroxylation is 1. The summed E-state index contributed by atoms with van der Waals surface area (Å²) in [4.78, 5) is 92.8. The largest absolute Gasteiger partial charge is 1.00 e. The fourth-order valence-electron chi connectivity index (χ4n) is 7.01. The predicted octanol–water partition coefficient (Wildman–Crippen LogP) is -0.394. The van der Waals surface area contributed by atoms with Gasteiger partial charge in [-0.2, -0.15) is 10.2 Å². The van der Waals surface area contributed by atoms with Crippen molar-refractivity contribution in [2.75, 3.05) is 58.6 Å². The third kappa shape index (κ3) is 30.3. The molecule has 472 valence electrons. The number of Topliss-reactive ketones (excluding diaryl/α,β-unsaturated/α-hetero) is 1. The molecule has 22 nitrogen and oxygen atoms in total. The number of primary amides is 2. The number of nitrogens with zero attached hydrogens (tertiary/aromatic N) is 5. The molecule has 10 N–H and O–H groups in total. The fraction of sp³-hybridized carbons (Fsp3) is 0.273. The van der Waals surface area contributed by atoms with Crippen molar-refractivity contribution in [1.29, 1.82) is 0 Å². The van der Waals surface area contributed by atoms with Crippen molar-refractivity contribution in [3.8, 4) is 0 Å². The van der Waals surface area contributed by atoms with Crippen molar-refractivity contribution in [2.24, 2.45) is 17.2 Å². The van der Waals surface area contributed by atoms with Gasteiger partial charge in [-0.15, -0.1) is 11.6 Å². The molecule has 0 fully saturated rings. The van der Waals surface area contributed by atoms with E-state index in [4.69, 9.17) is 73.0 Å². The standard InChI is InChI=1S/C21H20ClF2N5O3.C11H13ClF2N2O.C10H9Cl2FO.C10H9N3O3.C2H6FN.CH2O3.2K.H/c22-15-6-3-4-13(19(15)24)10-26-17(30)11-28(9-8-23)18(31)12-29-16-7-2-1-5-14(16)20(27-29)21(25)32;12-9-3-1-2-8(11(9)14)6-16-10(17)7-15-5-4-13;11-6-8(14)5-4-7-2-1-3-9(12)10(7)13;11-10(16)9-6-3-1-2-4-7(6)13(12-9)5-8(14)15;3-1-2-4;2-1-4-3;;;/h1-7H,8-12H2,(H2,25,32)(H,26,30);1-3,15H,4-7H2,(H,16,17);1-3H,4-6H2;1-4H,5H2,(H2,11,16)(H,14,15);1-2,4H2;1,3H;;;/q;;;;;;2*+1;-1/p-1. The number of alkyl halides is 4. The Morgan fingerprint density at radius 3 is 1.49 bits per heavy atom. The number of nitrogens with two attached hydrogens (primary N) is 3. The Morgan fingerprint density at radius 1 is 0.663 bits per heavy atom. The number of carboxylic acid groups (broad SMARTS) is 1. The first kappa shape index (κ1) is 83.9. The molecule has 0 aliphatic rings. The molecular formula is C55H59Cl4F6K2N11O11. The summed E-state index contributed by atoms with van der Waals surface area (Å²) in [5, 5.41) is 33.8. The van der Waals surface area contributed by atoms with Crippen LogP contribution < -0.4 is 141 Å². The zero-order valence-corrected chi connectivity index (χ0v) is 57.0. The maximum atomic E-state index is 14.0. The molecule has 7 aromatic rings. The number of aliphatic carboxylic acids is 1. The molecule has 0 bridgehead atoms. The monoisotopic (exact) mass is 1380 g/mol. The summed E-state index contributed by atoms with van der Waals surface area (Å²) in [7, 11) is 0. The molecule has 5 aromatic carbocycles. The average Bonchev–Trinajstić information content (AvgIpc) is 3.86. The quantitative estimate of drug-likeness (QED) is 0.00771. The van der Waals surface area contributed by atoms with Crippen molar-refractivity contribution in [2.45, 2.75) is 39.0 Å². The SMILES string of the molecule is NC(=O)c1nn(CC(=O)N(CCF)CC(=O)NCc2cccc(Cl)c2F)c2ccccc12.NC(=O)c1nn(CC(=O)O)c2ccccc12.NCCF.O=C(CCl)CCc1cccc(Cl)c1F.O=C(CNCCF)NCc1cccc(Cl)c1F.O=CO[O-].[H-].[K+].[K+]. The van der Waals surface area contributed by atoms with E-state index in [1.165, 1.54) is 39.7 Å². The zero-order valence-electron chi connectivity index (χ0n) is 48.8. The Hall–Kier alpha value is -5.11. The Kier molecular flexibility index (Phi) is 44.2. The van der Waals surface area contributed by atoms with Crippen LogP contribution in [0.3, 0.4) is 0 Å². The van der Waals surface area contributed by atoms with Gasteiger partial charge in [0, 0.05) is 61.0 Å². The van der Waals surface area contributed by atoms with Gasteiger partial charge in [-0.1, -0.05) is 108 Å². The van der Waals surface area contributed by atoms with Gasteiger partial charge in [-0.05, 0) is 42.3 Å². The normalized spacial score (nSPS) is 9.93. The smallest absolute Gasteiger partial charge is 1.00 e. The number of fused-ring (bicyclic) bond motifs is 2. The second-order valence-electron chi connectivity index (χ2n) is 17.1. The van der Waals surface area contributed by atoms with Crippen molar-refractivity contribution < 1.29 is 184 Å². The van der Waals surface area contributed by atoms with Crippen LogP contribution in [0.1, 0.15) is 45.5 Å². The van der Waals surface area contributed by atoms with Gasteiger partial charge in [0.2, 0.25) is 17.7 Å². The summed E-state index contributed by atoms with van der Waals surface area (Å²) >= 11 is 22.2. The average molecular weight is 1380 g/mol. The maximum absolute atomic E-state index is 14.0. The van der Waals surface area contributed by atoms with Crippen molar-refractivity contribution >= 4 is 116 Å². The van der Waals surface area contributed by atoms with E-state index in [0.717, 1.165) is 4.90 Å². The summed E-state index contributed by atoms with van der Waals surface area (Å²) in [5.41, 5.74) is 17.3. The third-order valence-corrected chi connectivity index (χ3v) is 12.1. The maximum Gasteiger partial charge on any atom is 1.00 e. The van der Waals surface area contributed by atoms with E-state index in [9.17, 15) is 59.9 Å². The molecule has 89 heavy (non-hydrogen) atoms. The van der Waals surface area contributed by atoms with E-state index in [1.54, 1.807) is 72.8 Å². The van der Waals surface area contributed by atoms with E-state index >= 15 is 0 Å². The number of carboxylic acids is 1. The number of halogens is 10. The van der Waals surface area contributed by atoms with Crippen molar-refractivity contribution in [3.63, 3.8) is 0 Å². The summed E-state index contributed by atoms with van der Waals surface area (Å²) in [6.07, 6.45) is 0.596. The molecule has 0 saturated carbocycles. The molecule has 0 unspecified atom stereocenters. The Bertz CT molecular complexity index is 3420. The minimum absolute atomic E-state index is 0. The van der Waals surface area contributed by atoms with Gasteiger partial charge in [-0.3, -0.25) is 47.7 Å². The number of amides is 5. The topological polar surface area (TPSA) is 342 Å². The van der Waals surface area contributed by atoms with E-state index in [0.29, 0.717) is 39.4 Å². The number of ketones is 1. The number of para-hydroxylation sites is 2. The molecule has 2 heterocycles. The van der Waals surface area contributed by atoms with Gasteiger partial charge in [0.1, 0.15) is 56.3 Å². The first-order chi connectivity index (χ1) is 41.5. The Balaban J connectivity index is 0. The second kappa shape index (κ2) is 46.9. The minimum Gasteiger partial charge on any atom is -1.00 e. The van der Waals surface area contributed by atoms with E-state index in [-0.39, 0.29) is 219 Å². The van der Waals surface area contributed by atoms with Gasteiger partial charge in [0.15, 0.2) is 11.4 Å². The number of carbonyl (C=O) groups excluding carboxylic acids is 7. The Morgan fingerprint density at radius 2 is 1.09 bits per heavy atom. The second-order valence-corrected chi connectivity index (χ2v) is 18.6. The minimum atomic E-state index is -1.02. The summed E-state index contributed by atoms with van der Waals surface area (Å²) in [5.74, 6) is -5.70. The predicted molar refractivity (Wildman–Crippen MR) is 311 cm³/mol. The molecular weight excluding hydrogens is 1320 g/mol. The summed E-state index contributed by atoms with van der Waals surface area (Å²) in [6, 6.07) is 27.3. The van der Waals surface area contributed by atoms with Crippen LogP contribution in [0.4, 0.5) is 26.3 Å². The summed E-state index contributed by atoms with van der Waals surface area (Å²) in [6.45, 7) is -3.17. The third-order valence-electron chi connectivity index (χ3n) is 11.0. The van der Waals surface area contributed by atoms with Crippen LogP contribution in [0.2, 0.25) is 15.1 Å². The van der Waals surface area contributed by atoms with Crippen molar-refractivity contribution in [1.82, 2.24) is 40.4 Å². The van der Waals surface area contributed by atoms with Crippen LogP contribution in [0, 0.1) is 17.5 Å². The van der Waals surface area contributed by atoms with E-state index in [2.05, 4.69) is 36.8 Å². The molecule has 0 atom stereocenters. The summed E-state index contributed by atoms with van der Waals surface area (Å²) < 4.78 is 78.5. The zero-order chi connectivity index (χ0) is 65.0. The van der Waals surface area contributed by atoms with Crippen LogP contribution in [0.25, 0.3) is 21.8 Å². The molecule has 5 amide bonds. The Labute approximate surface area is 612 Å². The van der Waals surface area contributed by atoms with Crippen molar-refractivity contribution in [3.05, 3.63) is 164 Å². The molecule has 7 rings (SSSR count). The van der Waals surface area contributed by atoms with Gasteiger partial charge in [-0.25, -0.2) is 26.3 Å². The number of hydrogen-bond acceptors (Lipinski definition) is 14. The number of aromatic nitrogens is 4. The van der Waals surface area contributed by atoms with Gasteiger partial charge >= 0.3 is 109 Å². The van der Waals surface area contributed by atoms with E-state index < -0.39 is 73.6 Å². The number of rotatable bonds is 24. The van der Waals surface area contributed by atoms with Gasteiger partial charge in [0.05, 0.1) is 45.1 Å². The number of benzene rings is 5. The molecule has 2 aromatic heterocycles. The molecule has 0 aliphatic heterocycles. The number of hydrogen-bond donors (Lipinski definition) is 7. The van der Waals surface area contributed by atoms with Gasteiger partial charge < -0.3 is 54.7 Å². The van der Waals surface area contributed by atoms with Crippen LogP contribution >= 0.6 is 46.4 Å². The molecule has 34 heteroatoms. The van der Waals surface area contributed by atoms with Crippen LogP contribution in [0.15, 0.2) is 103 Å². The van der Waals surface area contributed by atoms with Gasteiger partial charge in [0.25, 0.3) is 18.3 Å².